The molecule has 0 aliphatic rings. The predicted octanol–water partition coefficient (Wildman–Crippen LogP) is 4.60. The van der Waals surface area contributed by atoms with Gasteiger partial charge >= 0.3 is 0 Å². The van der Waals surface area contributed by atoms with Gasteiger partial charge in [0.05, 0.1) is 5.39 Å². The van der Waals surface area contributed by atoms with E-state index < -0.39 is 0 Å². The summed E-state index contributed by atoms with van der Waals surface area (Å²) in [4.78, 5) is 26.5. The van der Waals surface area contributed by atoms with Crippen LogP contribution in [0.2, 0.25) is 0 Å². The van der Waals surface area contributed by atoms with E-state index in [0.29, 0.717) is 18.9 Å². The number of benzene rings is 1. The highest BCUT2D eigenvalue weighted by molar-refractivity contribution is 7.17. The Kier molecular flexibility index (Phi) is 5.99. The van der Waals surface area contributed by atoms with Crippen molar-refractivity contribution in [3.8, 4) is 22.5 Å². The fourth-order valence-electron chi connectivity index (χ4n) is 3.09. The van der Waals surface area contributed by atoms with E-state index in [1.165, 1.54) is 0 Å². The molecule has 3 aromatic heterocycles. The molecule has 0 bridgehead atoms. The van der Waals surface area contributed by atoms with E-state index in [2.05, 4.69) is 33.1 Å². The number of thiophene rings is 1. The first-order chi connectivity index (χ1) is 14.6. The molecule has 6 nitrogen and oxygen atoms in total. The summed E-state index contributed by atoms with van der Waals surface area (Å²) in [5, 5.41) is 9.46. The number of anilines is 1. The molecule has 4 aromatic rings. The minimum atomic E-state index is -0.0329. The van der Waals surface area contributed by atoms with Crippen LogP contribution in [0, 0.1) is 5.92 Å². The molecule has 0 aliphatic carbocycles. The molecule has 1 amide bonds. The summed E-state index contributed by atoms with van der Waals surface area (Å²) in [6.45, 7) is 4.86. The number of carbonyl (C=O) groups is 1. The number of hydrogen-bond acceptors (Lipinski definition) is 6. The van der Waals surface area contributed by atoms with Gasteiger partial charge in [-0.1, -0.05) is 44.2 Å². The second-order valence-electron chi connectivity index (χ2n) is 7.21. The Labute approximate surface area is 179 Å². The van der Waals surface area contributed by atoms with Crippen LogP contribution in [0.5, 0.6) is 0 Å². The van der Waals surface area contributed by atoms with Crippen LogP contribution in [-0.4, -0.2) is 33.9 Å². The summed E-state index contributed by atoms with van der Waals surface area (Å²) in [7, 11) is 0. The monoisotopic (exact) mass is 417 g/mol. The van der Waals surface area contributed by atoms with Crippen molar-refractivity contribution < 1.29 is 4.79 Å². The Hall–Kier alpha value is -3.32. The molecule has 0 saturated heterocycles. The van der Waals surface area contributed by atoms with Crippen LogP contribution in [0.4, 0.5) is 5.82 Å². The third-order valence-electron chi connectivity index (χ3n) is 4.68. The molecule has 0 atom stereocenters. The summed E-state index contributed by atoms with van der Waals surface area (Å²) in [6.07, 6.45) is 3.50. The van der Waals surface area contributed by atoms with Gasteiger partial charge in [0.2, 0.25) is 5.91 Å². The summed E-state index contributed by atoms with van der Waals surface area (Å²) in [5.74, 6) is 1.40. The van der Waals surface area contributed by atoms with Gasteiger partial charge < -0.3 is 10.6 Å². The Morgan fingerprint density at radius 1 is 1.03 bits per heavy atom. The Morgan fingerprint density at radius 3 is 2.57 bits per heavy atom. The van der Waals surface area contributed by atoms with Gasteiger partial charge in [-0.25, -0.2) is 9.97 Å². The van der Waals surface area contributed by atoms with Crippen LogP contribution < -0.4 is 10.6 Å². The van der Waals surface area contributed by atoms with Gasteiger partial charge in [-0.05, 0) is 17.7 Å². The number of amides is 1. The summed E-state index contributed by atoms with van der Waals surface area (Å²) >= 11 is 1.60. The molecule has 4 rings (SSSR count). The quantitative estimate of drug-likeness (QED) is 0.430. The molecular weight excluding hydrogens is 394 g/mol. The van der Waals surface area contributed by atoms with Gasteiger partial charge in [0.1, 0.15) is 10.6 Å². The minimum Gasteiger partial charge on any atom is -0.368 e. The summed E-state index contributed by atoms with van der Waals surface area (Å²) < 4.78 is 0. The van der Waals surface area contributed by atoms with E-state index in [1.807, 2.05) is 44.2 Å². The fourth-order valence-corrected chi connectivity index (χ4v) is 4.04. The van der Waals surface area contributed by atoms with Crippen LogP contribution >= 0.6 is 11.3 Å². The minimum absolute atomic E-state index is 0.0329. The zero-order valence-electron chi connectivity index (χ0n) is 16.9. The highest BCUT2D eigenvalue weighted by Crippen LogP contribution is 2.37. The van der Waals surface area contributed by atoms with Crippen molar-refractivity contribution in [2.24, 2.45) is 5.92 Å². The Morgan fingerprint density at radius 2 is 1.83 bits per heavy atom. The maximum absolute atomic E-state index is 11.8. The molecular formula is C23H23N5OS. The lowest BCUT2D eigenvalue weighted by Gasteiger charge is -2.12. The van der Waals surface area contributed by atoms with Crippen molar-refractivity contribution in [3.05, 3.63) is 60.2 Å². The molecule has 0 aliphatic heterocycles. The number of hydrogen-bond donors (Lipinski definition) is 2. The maximum atomic E-state index is 11.8. The predicted molar refractivity (Wildman–Crippen MR) is 122 cm³/mol. The first kappa shape index (κ1) is 20.0. The molecule has 0 fully saturated rings. The van der Waals surface area contributed by atoms with Crippen molar-refractivity contribution in [2.75, 3.05) is 18.4 Å². The lowest BCUT2D eigenvalue weighted by molar-refractivity contribution is -0.123. The summed E-state index contributed by atoms with van der Waals surface area (Å²) in [5.41, 5.74) is 3.09. The number of aromatic nitrogens is 3. The lowest BCUT2D eigenvalue weighted by Crippen LogP contribution is -2.32. The van der Waals surface area contributed by atoms with Crippen LogP contribution in [0.1, 0.15) is 13.8 Å². The Bertz CT molecular complexity index is 1140. The molecule has 152 valence electrons. The number of rotatable bonds is 7. The molecule has 1 aromatic carbocycles. The number of fused-ring (bicyclic) bond motifs is 1. The van der Waals surface area contributed by atoms with Crippen molar-refractivity contribution in [3.63, 3.8) is 0 Å². The van der Waals surface area contributed by atoms with Crippen molar-refractivity contribution in [1.29, 1.82) is 0 Å². The first-order valence-electron chi connectivity index (χ1n) is 9.90. The molecule has 3 heterocycles. The van der Waals surface area contributed by atoms with E-state index in [4.69, 9.17) is 9.97 Å². The van der Waals surface area contributed by atoms with Gasteiger partial charge in [-0.3, -0.25) is 9.78 Å². The van der Waals surface area contributed by atoms with E-state index in [1.54, 1.807) is 23.7 Å². The number of nitrogens with one attached hydrogen (secondary N) is 2. The molecule has 0 spiro atoms. The average Bonchev–Trinajstić information content (AvgIpc) is 3.22. The van der Waals surface area contributed by atoms with Gasteiger partial charge in [0.15, 0.2) is 5.82 Å². The number of nitrogens with zero attached hydrogens (tertiary/aromatic N) is 3. The van der Waals surface area contributed by atoms with Crippen molar-refractivity contribution in [2.45, 2.75) is 13.8 Å². The first-order valence-corrected chi connectivity index (χ1v) is 10.8. The highest BCUT2D eigenvalue weighted by Gasteiger charge is 2.16. The van der Waals surface area contributed by atoms with Crippen LogP contribution in [0.3, 0.4) is 0 Å². The largest absolute Gasteiger partial charge is 0.368 e. The van der Waals surface area contributed by atoms with E-state index in [0.717, 1.165) is 32.7 Å². The smallest absolute Gasteiger partial charge is 0.222 e. The van der Waals surface area contributed by atoms with Gasteiger partial charge in [-0.15, -0.1) is 11.3 Å². The van der Waals surface area contributed by atoms with Crippen LogP contribution in [0.15, 0.2) is 60.2 Å². The third kappa shape index (κ3) is 4.31. The van der Waals surface area contributed by atoms with Crippen LogP contribution in [0.25, 0.3) is 32.7 Å². The zero-order valence-corrected chi connectivity index (χ0v) is 17.7. The normalized spacial score (nSPS) is 11.0. The van der Waals surface area contributed by atoms with Gasteiger partial charge in [-0.2, -0.15) is 0 Å². The maximum Gasteiger partial charge on any atom is 0.222 e. The lowest BCUT2D eigenvalue weighted by atomic mass is 10.1. The standard InChI is InChI=1S/C23H23N5OS/c1-15(2)22(29)26-12-11-25-21-19-18(16-7-4-3-5-8-16)14-30-23(19)28-20(27-21)17-9-6-10-24-13-17/h3-10,13-15H,11-12H2,1-2H3,(H,26,29)(H,25,27,28). The summed E-state index contributed by atoms with van der Waals surface area (Å²) in [6, 6.07) is 14.1. The number of pyridine rings is 1. The second kappa shape index (κ2) is 9.00. The molecule has 2 N–H and O–H groups in total. The molecule has 7 heteroatoms. The molecule has 0 unspecified atom stereocenters. The van der Waals surface area contributed by atoms with E-state index in [9.17, 15) is 4.79 Å². The van der Waals surface area contributed by atoms with Crippen molar-refractivity contribution >= 4 is 33.3 Å². The SMILES string of the molecule is CC(C)C(=O)NCCNc1nc(-c2cccnc2)nc2scc(-c3ccccc3)c12. The van der Waals surface area contributed by atoms with Gasteiger partial charge in [0.25, 0.3) is 0 Å². The third-order valence-corrected chi connectivity index (χ3v) is 5.55. The van der Waals surface area contributed by atoms with E-state index >= 15 is 0 Å². The van der Waals surface area contributed by atoms with Gasteiger partial charge in [0, 0.05) is 47.9 Å². The highest BCUT2D eigenvalue weighted by atomic mass is 32.1. The second-order valence-corrected chi connectivity index (χ2v) is 8.06. The van der Waals surface area contributed by atoms with Crippen molar-refractivity contribution in [1.82, 2.24) is 20.3 Å². The fraction of sp³-hybridized carbons (Fsp3) is 0.217. The van der Waals surface area contributed by atoms with E-state index in [-0.39, 0.29) is 11.8 Å². The number of carbonyl (C=O) groups excluding carboxylic acids is 1. The molecule has 0 radical (unpaired) electrons. The molecule has 30 heavy (non-hydrogen) atoms. The zero-order chi connectivity index (χ0) is 20.9. The van der Waals surface area contributed by atoms with Crippen LogP contribution in [-0.2, 0) is 4.79 Å². The topological polar surface area (TPSA) is 79.8 Å². The Balaban J connectivity index is 1.70. The molecule has 0 saturated carbocycles. The average molecular weight is 418 g/mol.